The van der Waals surface area contributed by atoms with Crippen molar-refractivity contribution in [2.24, 2.45) is 5.92 Å². The van der Waals surface area contributed by atoms with Gasteiger partial charge in [-0.05, 0) is 23.6 Å². The van der Waals surface area contributed by atoms with E-state index in [9.17, 15) is 0 Å². The number of hydrogen-bond donors (Lipinski definition) is 1. The molecule has 1 atom stereocenters. The Kier molecular flexibility index (Phi) is 5.10. The minimum atomic E-state index is 0.0368. The number of rotatable bonds is 5. The second-order valence-electron chi connectivity index (χ2n) is 4.34. The van der Waals surface area contributed by atoms with Crippen molar-refractivity contribution in [3.63, 3.8) is 0 Å². The Hall–Kier alpha value is -0.730. The highest BCUT2D eigenvalue weighted by Gasteiger charge is 2.09. The molecule has 0 saturated carbocycles. The molecule has 0 aliphatic rings. The van der Waals surface area contributed by atoms with Gasteiger partial charge in [0.15, 0.2) is 0 Å². The molecule has 0 amide bonds. The molecule has 0 aliphatic heterocycles. The molecule has 16 heavy (non-hydrogen) atoms. The Morgan fingerprint density at radius 1 is 1.44 bits per heavy atom. The first kappa shape index (κ1) is 13.3. The maximum absolute atomic E-state index is 9.00. The third kappa shape index (κ3) is 3.39. The Labute approximate surface area is 103 Å². The number of anilines is 1. The summed E-state index contributed by atoms with van der Waals surface area (Å²) in [4.78, 5) is 2.16. The quantitative estimate of drug-likeness (QED) is 0.855. The lowest BCUT2D eigenvalue weighted by Crippen LogP contribution is -2.23. The van der Waals surface area contributed by atoms with Gasteiger partial charge in [0.2, 0.25) is 0 Å². The smallest absolute Gasteiger partial charge is 0.0682 e. The number of aliphatic hydroxyl groups excluding tert-OH is 1. The molecule has 0 radical (unpaired) electrons. The first-order valence-electron chi connectivity index (χ1n) is 5.68. The average molecular weight is 242 g/mol. The van der Waals surface area contributed by atoms with E-state index in [0.29, 0.717) is 10.9 Å². The SMILES string of the molecule is CCC(C)CN(C)c1ccc(CO)cc1Cl. The van der Waals surface area contributed by atoms with Crippen LogP contribution < -0.4 is 4.90 Å². The highest BCUT2D eigenvalue weighted by molar-refractivity contribution is 6.33. The molecule has 0 bridgehead atoms. The van der Waals surface area contributed by atoms with E-state index in [1.807, 2.05) is 25.2 Å². The van der Waals surface area contributed by atoms with Crippen LogP contribution in [-0.4, -0.2) is 18.7 Å². The van der Waals surface area contributed by atoms with Crippen molar-refractivity contribution >= 4 is 17.3 Å². The predicted octanol–water partition coefficient (Wildman–Crippen LogP) is 3.31. The predicted molar refractivity (Wildman–Crippen MR) is 70.1 cm³/mol. The van der Waals surface area contributed by atoms with Crippen molar-refractivity contribution in [3.8, 4) is 0 Å². The summed E-state index contributed by atoms with van der Waals surface area (Å²) < 4.78 is 0. The molecular weight excluding hydrogens is 222 g/mol. The number of halogens is 1. The van der Waals surface area contributed by atoms with E-state index < -0.39 is 0 Å². The molecule has 0 aromatic heterocycles. The van der Waals surface area contributed by atoms with Gasteiger partial charge in [0.05, 0.1) is 17.3 Å². The van der Waals surface area contributed by atoms with Crippen LogP contribution >= 0.6 is 11.6 Å². The summed E-state index contributed by atoms with van der Waals surface area (Å²) in [5.74, 6) is 0.651. The lowest BCUT2D eigenvalue weighted by atomic mass is 10.1. The fourth-order valence-corrected chi connectivity index (χ4v) is 2.00. The fraction of sp³-hybridized carbons (Fsp3) is 0.538. The molecule has 1 aromatic carbocycles. The summed E-state index contributed by atoms with van der Waals surface area (Å²) in [7, 11) is 2.05. The van der Waals surface area contributed by atoms with Crippen LogP contribution in [0.4, 0.5) is 5.69 Å². The molecule has 0 aliphatic carbocycles. The van der Waals surface area contributed by atoms with Crippen LogP contribution in [0.3, 0.4) is 0 Å². The van der Waals surface area contributed by atoms with Gasteiger partial charge in [-0.2, -0.15) is 0 Å². The van der Waals surface area contributed by atoms with E-state index in [1.165, 1.54) is 0 Å². The summed E-state index contributed by atoms with van der Waals surface area (Å²) in [6, 6.07) is 5.70. The van der Waals surface area contributed by atoms with Crippen molar-refractivity contribution < 1.29 is 5.11 Å². The molecule has 1 aromatic rings. The molecule has 2 nitrogen and oxygen atoms in total. The number of benzene rings is 1. The van der Waals surface area contributed by atoms with Gasteiger partial charge in [0.25, 0.3) is 0 Å². The zero-order chi connectivity index (χ0) is 12.1. The van der Waals surface area contributed by atoms with Crippen LogP contribution in [0.2, 0.25) is 5.02 Å². The van der Waals surface area contributed by atoms with Crippen LogP contribution in [0.15, 0.2) is 18.2 Å². The molecule has 0 heterocycles. The highest BCUT2D eigenvalue weighted by Crippen LogP contribution is 2.26. The highest BCUT2D eigenvalue weighted by atomic mass is 35.5. The largest absolute Gasteiger partial charge is 0.392 e. The molecule has 0 saturated heterocycles. The zero-order valence-electron chi connectivity index (χ0n) is 10.2. The molecule has 0 fully saturated rings. The van der Waals surface area contributed by atoms with Gasteiger partial charge in [0.1, 0.15) is 0 Å². The number of nitrogens with zero attached hydrogens (tertiary/aromatic N) is 1. The second-order valence-corrected chi connectivity index (χ2v) is 4.75. The Morgan fingerprint density at radius 3 is 2.62 bits per heavy atom. The third-order valence-corrected chi connectivity index (χ3v) is 3.19. The van der Waals surface area contributed by atoms with E-state index in [0.717, 1.165) is 24.2 Å². The minimum absolute atomic E-state index is 0.0368. The van der Waals surface area contributed by atoms with Gasteiger partial charge in [-0.15, -0.1) is 0 Å². The Morgan fingerprint density at radius 2 is 2.12 bits per heavy atom. The first-order valence-corrected chi connectivity index (χ1v) is 6.06. The number of aliphatic hydroxyl groups is 1. The van der Waals surface area contributed by atoms with Crippen LogP contribution in [-0.2, 0) is 6.61 Å². The fourth-order valence-electron chi connectivity index (χ4n) is 1.65. The minimum Gasteiger partial charge on any atom is -0.392 e. The maximum atomic E-state index is 9.00. The van der Waals surface area contributed by atoms with Gasteiger partial charge < -0.3 is 10.0 Å². The molecule has 1 rings (SSSR count). The summed E-state index contributed by atoms with van der Waals surface area (Å²) in [6.45, 7) is 5.45. The summed E-state index contributed by atoms with van der Waals surface area (Å²) in [5.41, 5.74) is 1.88. The van der Waals surface area contributed by atoms with Gasteiger partial charge >= 0.3 is 0 Å². The Balaban J connectivity index is 2.79. The van der Waals surface area contributed by atoms with Crippen LogP contribution in [0.25, 0.3) is 0 Å². The van der Waals surface area contributed by atoms with Crippen LogP contribution in [0, 0.1) is 5.92 Å². The molecule has 3 heteroatoms. The first-order chi connectivity index (χ1) is 7.58. The molecule has 0 spiro atoms. The summed E-state index contributed by atoms with van der Waals surface area (Å²) >= 11 is 6.18. The third-order valence-electron chi connectivity index (χ3n) is 2.89. The molecule has 1 unspecified atom stereocenters. The topological polar surface area (TPSA) is 23.5 Å². The van der Waals surface area contributed by atoms with E-state index in [2.05, 4.69) is 18.7 Å². The lowest BCUT2D eigenvalue weighted by molar-refractivity contribution is 0.282. The molecular formula is C13H20ClNO. The van der Waals surface area contributed by atoms with Crippen molar-refractivity contribution in [1.29, 1.82) is 0 Å². The zero-order valence-corrected chi connectivity index (χ0v) is 11.0. The normalized spacial score (nSPS) is 12.6. The van der Waals surface area contributed by atoms with Gasteiger partial charge in [-0.3, -0.25) is 0 Å². The van der Waals surface area contributed by atoms with Crippen molar-refractivity contribution in [2.45, 2.75) is 26.9 Å². The monoisotopic (exact) mass is 241 g/mol. The van der Waals surface area contributed by atoms with Crippen molar-refractivity contribution in [2.75, 3.05) is 18.5 Å². The lowest BCUT2D eigenvalue weighted by Gasteiger charge is -2.24. The molecule has 1 N–H and O–H groups in total. The standard InChI is InChI=1S/C13H20ClNO/c1-4-10(2)8-15(3)13-6-5-11(9-16)7-12(13)14/h5-7,10,16H,4,8-9H2,1-3H3. The second kappa shape index (κ2) is 6.12. The summed E-state index contributed by atoms with van der Waals surface area (Å²) in [6.07, 6.45) is 1.16. The van der Waals surface area contributed by atoms with E-state index in [1.54, 1.807) is 0 Å². The van der Waals surface area contributed by atoms with Crippen LogP contribution in [0.1, 0.15) is 25.8 Å². The van der Waals surface area contributed by atoms with Crippen molar-refractivity contribution in [3.05, 3.63) is 28.8 Å². The van der Waals surface area contributed by atoms with E-state index >= 15 is 0 Å². The van der Waals surface area contributed by atoms with Gasteiger partial charge in [-0.1, -0.05) is 37.9 Å². The average Bonchev–Trinajstić information content (AvgIpc) is 2.28. The van der Waals surface area contributed by atoms with Crippen molar-refractivity contribution in [1.82, 2.24) is 0 Å². The van der Waals surface area contributed by atoms with E-state index in [4.69, 9.17) is 16.7 Å². The van der Waals surface area contributed by atoms with Crippen LogP contribution in [0.5, 0.6) is 0 Å². The summed E-state index contributed by atoms with van der Waals surface area (Å²) in [5, 5.41) is 9.71. The van der Waals surface area contributed by atoms with Gasteiger partial charge in [-0.25, -0.2) is 0 Å². The Bertz CT molecular complexity index is 341. The van der Waals surface area contributed by atoms with Gasteiger partial charge in [0, 0.05) is 13.6 Å². The molecule has 90 valence electrons. The maximum Gasteiger partial charge on any atom is 0.0682 e. The number of hydrogen-bond acceptors (Lipinski definition) is 2. The van der Waals surface area contributed by atoms with E-state index in [-0.39, 0.29) is 6.61 Å².